The fraction of sp³-hybridized carbons (Fsp3) is 0.391. The Morgan fingerprint density at radius 3 is 2.22 bits per heavy atom. The van der Waals surface area contributed by atoms with Crippen molar-refractivity contribution in [2.45, 2.75) is 39.7 Å². The van der Waals surface area contributed by atoms with Crippen LogP contribution in [0.25, 0.3) is 0 Å². The van der Waals surface area contributed by atoms with Crippen LogP contribution in [0.2, 0.25) is 0 Å². The number of rotatable bonds is 12. The Hall–Kier alpha value is -3.07. The Labute approximate surface area is 188 Å². The molecule has 0 bridgehead atoms. The molecular formula is C23H29NO7S. The van der Waals surface area contributed by atoms with Gasteiger partial charge in [-0.25, -0.2) is 13.2 Å². The molecule has 0 heterocycles. The average molecular weight is 464 g/mol. The standard InChI is InChI=1S/C23H29NO7S/c1-5-7-14-30-20-13-10-18(15-21(20)29-6-2)23(26)31-16(3)22(25)17-8-11-19(12-9-17)24-32(4,27)28/h8-13,15-16,24H,5-7,14H2,1-4H3. The molecular weight excluding hydrogens is 434 g/mol. The number of anilines is 1. The first kappa shape index (κ1) is 25.2. The van der Waals surface area contributed by atoms with Gasteiger partial charge in [-0.15, -0.1) is 0 Å². The molecule has 0 amide bonds. The normalized spacial score (nSPS) is 12.0. The van der Waals surface area contributed by atoms with Gasteiger partial charge in [0.2, 0.25) is 15.8 Å². The molecule has 8 nitrogen and oxygen atoms in total. The first-order chi connectivity index (χ1) is 15.1. The lowest BCUT2D eigenvalue weighted by molar-refractivity contribution is 0.0318. The lowest BCUT2D eigenvalue weighted by Gasteiger charge is -2.15. The predicted octanol–water partition coefficient (Wildman–Crippen LogP) is 4.06. The van der Waals surface area contributed by atoms with E-state index in [1.54, 1.807) is 12.1 Å². The fourth-order valence-electron chi connectivity index (χ4n) is 2.78. The van der Waals surface area contributed by atoms with Crippen molar-refractivity contribution in [1.29, 1.82) is 0 Å². The van der Waals surface area contributed by atoms with Crippen LogP contribution >= 0.6 is 0 Å². The summed E-state index contributed by atoms with van der Waals surface area (Å²) in [4.78, 5) is 25.2. The molecule has 0 saturated heterocycles. The quantitative estimate of drug-likeness (QED) is 0.287. The van der Waals surface area contributed by atoms with Gasteiger partial charge in [0, 0.05) is 11.3 Å². The van der Waals surface area contributed by atoms with Crippen molar-refractivity contribution < 1.29 is 32.2 Å². The third kappa shape index (κ3) is 7.56. The topological polar surface area (TPSA) is 108 Å². The Morgan fingerprint density at radius 1 is 0.969 bits per heavy atom. The minimum Gasteiger partial charge on any atom is -0.490 e. The van der Waals surface area contributed by atoms with Crippen LogP contribution in [-0.2, 0) is 14.8 Å². The lowest BCUT2D eigenvalue weighted by Crippen LogP contribution is -2.24. The maximum absolute atomic E-state index is 12.6. The van der Waals surface area contributed by atoms with Crippen LogP contribution in [0.15, 0.2) is 42.5 Å². The van der Waals surface area contributed by atoms with Gasteiger partial charge in [-0.05, 0) is 62.7 Å². The first-order valence-electron chi connectivity index (χ1n) is 10.4. The molecule has 0 aromatic heterocycles. The van der Waals surface area contributed by atoms with Gasteiger partial charge in [0.15, 0.2) is 17.6 Å². The van der Waals surface area contributed by atoms with E-state index in [1.807, 2.05) is 6.92 Å². The van der Waals surface area contributed by atoms with Crippen molar-refractivity contribution in [2.24, 2.45) is 0 Å². The van der Waals surface area contributed by atoms with E-state index in [4.69, 9.17) is 14.2 Å². The summed E-state index contributed by atoms with van der Waals surface area (Å²) >= 11 is 0. The maximum Gasteiger partial charge on any atom is 0.338 e. The number of ketones is 1. The first-order valence-corrected chi connectivity index (χ1v) is 12.3. The number of carbonyl (C=O) groups excluding carboxylic acids is 2. The van der Waals surface area contributed by atoms with E-state index in [1.165, 1.54) is 37.3 Å². The second-order valence-corrected chi connectivity index (χ2v) is 8.91. The highest BCUT2D eigenvalue weighted by molar-refractivity contribution is 7.92. The Bertz CT molecular complexity index is 1030. The third-order valence-electron chi connectivity index (χ3n) is 4.36. The highest BCUT2D eigenvalue weighted by Crippen LogP contribution is 2.29. The largest absolute Gasteiger partial charge is 0.490 e. The van der Waals surface area contributed by atoms with Crippen LogP contribution in [0.4, 0.5) is 5.69 Å². The number of hydrogen-bond acceptors (Lipinski definition) is 7. The SMILES string of the molecule is CCCCOc1ccc(C(=O)OC(C)C(=O)c2ccc(NS(C)(=O)=O)cc2)cc1OCC. The second-order valence-electron chi connectivity index (χ2n) is 7.16. The molecule has 1 N–H and O–H groups in total. The number of hydrogen-bond donors (Lipinski definition) is 1. The van der Waals surface area contributed by atoms with E-state index in [2.05, 4.69) is 11.6 Å². The summed E-state index contributed by atoms with van der Waals surface area (Å²) in [5, 5.41) is 0. The van der Waals surface area contributed by atoms with Crippen LogP contribution in [0, 0.1) is 0 Å². The number of benzene rings is 2. The molecule has 0 spiro atoms. The van der Waals surface area contributed by atoms with Crippen molar-refractivity contribution >= 4 is 27.5 Å². The zero-order valence-electron chi connectivity index (χ0n) is 18.7. The molecule has 0 aliphatic carbocycles. The summed E-state index contributed by atoms with van der Waals surface area (Å²) in [5.74, 6) is -0.0918. The highest BCUT2D eigenvalue weighted by atomic mass is 32.2. The summed E-state index contributed by atoms with van der Waals surface area (Å²) < 4.78 is 41.5. The molecule has 1 atom stereocenters. The number of sulfonamides is 1. The zero-order chi connectivity index (χ0) is 23.7. The van der Waals surface area contributed by atoms with Crippen molar-refractivity contribution in [3.8, 4) is 11.5 Å². The van der Waals surface area contributed by atoms with E-state index in [0.717, 1.165) is 19.1 Å². The summed E-state index contributed by atoms with van der Waals surface area (Å²) in [7, 11) is -3.41. The minimum atomic E-state index is -3.41. The highest BCUT2D eigenvalue weighted by Gasteiger charge is 2.21. The number of nitrogens with one attached hydrogen (secondary N) is 1. The molecule has 0 saturated carbocycles. The van der Waals surface area contributed by atoms with E-state index in [-0.39, 0.29) is 5.56 Å². The third-order valence-corrected chi connectivity index (χ3v) is 4.97. The molecule has 1 unspecified atom stereocenters. The molecule has 174 valence electrons. The minimum absolute atomic E-state index is 0.239. The summed E-state index contributed by atoms with van der Waals surface area (Å²) in [6.07, 6.45) is 1.90. The smallest absolute Gasteiger partial charge is 0.338 e. The van der Waals surface area contributed by atoms with Crippen molar-refractivity contribution in [1.82, 2.24) is 0 Å². The molecule has 32 heavy (non-hydrogen) atoms. The monoisotopic (exact) mass is 463 g/mol. The Kier molecular flexibility index (Phi) is 9.07. The lowest BCUT2D eigenvalue weighted by atomic mass is 10.1. The molecule has 2 aromatic carbocycles. The van der Waals surface area contributed by atoms with Crippen LogP contribution in [0.3, 0.4) is 0 Å². The van der Waals surface area contributed by atoms with Crippen molar-refractivity contribution in [3.05, 3.63) is 53.6 Å². The van der Waals surface area contributed by atoms with Crippen LogP contribution in [0.5, 0.6) is 11.5 Å². The molecule has 2 aromatic rings. The molecule has 9 heteroatoms. The van der Waals surface area contributed by atoms with E-state index >= 15 is 0 Å². The van der Waals surface area contributed by atoms with Gasteiger partial charge >= 0.3 is 5.97 Å². The van der Waals surface area contributed by atoms with Crippen LogP contribution in [-0.4, -0.2) is 45.7 Å². The number of ether oxygens (including phenoxy) is 3. The molecule has 2 rings (SSSR count). The van der Waals surface area contributed by atoms with Gasteiger partial charge in [0.25, 0.3) is 0 Å². The fourth-order valence-corrected chi connectivity index (χ4v) is 3.35. The van der Waals surface area contributed by atoms with Gasteiger partial charge in [-0.1, -0.05) is 13.3 Å². The van der Waals surface area contributed by atoms with Gasteiger partial charge in [-0.2, -0.15) is 0 Å². The summed E-state index contributed by atoms with van der Waals surface area (Å²) in [5.41, 5.74) is 0.862. The molecule has 0 radical (unpaired) electrons. The molecule has 0 aliphatic heterocycles. The summed E-state index contributed by atoms with van der Waals surface area (Å²) in [6.45, 7) is 6.33. The Morgan fingerprint density at radius 2 is 1.62 bits per heavy atom. The van der Waals surface area contributed by atoms with Crippen LogP contribution < -0.4 is 14.2 Å². The van der Waals surface area contributed by atoms with E-state index < -0.39 is 27.9 Å². The average Bonchev–Trinajstić information content (AvgIpc) is 2.74. The molecule has 0 aliphatic rings. The number of carbonyl (C=O) groups is 2. The second kappa shape index (κ2) is 11.5. The predicted molar refractivity (Wildman–Crippen MR) is 122 cm³/mol. The van der Waals surface area contributed by atoms with Crippen molar-refractivity contribution in [2.75, 3.05) is 24.2 Å². The van der Waals surface area contributed by atoms with E-state index in [9.17, 15) is 18.0 Å². The Balaban J connectivity index is 2.07. The van der Waals surface area contributed by atoms with Crippen LogP contribution in [0.1, 0.15) is 54.3 Å². The van der Waals surface area contributed by atoms with E-state index in [0.29, 0.717) is 36.0 Å². The van der Waals surface area contributed by atoms with Gasteiger partial charge in [-0.3, -0.25) is 9.52 Å². The maximum atomic E-state index is 12.6. The zero-order valence-corrected chi connectivity index (χ0v) is 19.5. The number of esters is 1. The van der Waals surface area contributed by atoms with Crippen molar-refractivity contribution in [3.63, 3.8) is 0 Å². The molecule has 0 fully saturated rings. The van der Waals surface area contributed by atoms with Gasteiger partial charge in [0.1, 0.15) is 0 Å². The number of unbranched alkanes of at least 4 members (excludes halogenated alkanes) is 1. The summed E-state index contributed by atoms with van der Waals surface area (Å²) in [6, 6.07) is 10.6. The number of Topliss-reactive ketones (excluding diaryl/α,β-unsaturated/α-hetero) is 1. The van der Waals surface area contributed by atoms with Gasteiger partial charge in [0.05, 0.1) is 25.0 Å². The van der Waals surface area contributed by atoms with Gasteiger partial charge < -0.3 is 14.2 Å².